The first-order valence-corrected chi connectivity index (χ1v) is 4.85. The largest absolute Gasteiger partial charge is 0.353 e. The Bertz CT molecular complexity index is 354. The fraction of sp³-hybridized carbons (Fsp3) is 0.300. The number of rotatable bonds is 1. The molecule has 1 heterocycles. The van der Waals surface area contributed by atoms with Gasteiger partial charge in [0, 0.05) is 18.1 Å². The van der Waals surface area contributed by atoms with Crippen molar-refractivity contribution < 1.29 is 4.79 Å². The van der Waals surface area contributed by atoms with Gasteiger partial charge >= 0.3 is 0 Å². The lowest BCUT2D eigenvalue weighted by Gasteiger charge is -2.22. The van der Waals surface area contributed by atoms with E-state index in [1.165, 1.54) is 0 Å². The number of halogens is 1. The van der Waals surface area contributed by atoms with E-state index in [2.05, 4.69) is 10.6 Å². The predicted octanol–water partition coefficient (Wildman–Crippen LogP) is 1.12. The van der Waals surface area contributed by atoms with Gasteiger partial charge in [-0.15, -0.1) is 0 Å². The Morgan fingerprint density at radius 2 is 2.21 bits per heavy atom. The van der Waals surface area contributed by atoms with Crippen LogP contribution in [-0.2, 0) is 4.79 Å². The minimum Gasteiger partial charge on any atom is -0.353 e. The molecule has 1 aromatic carbocycles. The molecule has 0 spiro atoms. The number of amides is 1. The van der Waals surface area contributed by atoms with Gasteiger partial charge in [0.15, 0.2) is 0 Å². The summed E-state index contributed by atoms with van der Waals surface area (Å²) < 4.78 is 0. The van der Waals surface area contributed by atoms with Gasteiger partial charge < -0.3 is 5.32 Å². The maximum atomic E-state index is 11.5. The molecular weight excluding hydrogens is 200 g/mol. The van der Waals surface area contributed by atoms with Gasteiger partial charge in [0.05, 0.1) is 0 Å². The highest BCUT2D eigenvalue weighted by Gasteiger charge is 2.25. The average molecular weight is 210 g/mol. The third-order valence-corrected chi connectivity index (χ3v) is 2.52. The second-order valence-corrected chi connectivity index (χ2v) is 3.53. The van der Waals surface area contributed by atoms with Crippen LogP contribution in [0.5, 0.6) is 0 Å². The van der Waals surface area contributed by atoms with Crippen LogP contribution < -0.4 is 10.6 Å². The lowest BCUT2D eigenvalue weighted by Crippen LogP contribution is -2.43. The number of hydrogen-bond donors (Lipinski definition) is 1. The number of nitrogens with one attached hydrogen (secondary N) is 1. The summed E-state index contributed by atoms with van der Waals surface area (Å²) in [5.74, 6) is -0.0654. The fourth-order valence-corrected chi connectivity index (χ4v) is 1.73. The van der Waals surface area contributed by atoms with E-state index in [1.807, 2.05) is 18.2 Å². The number of carbonyl (C=O) groups is 1. The highest BCUT2D eigenvalue weighted by molar-refractivity contribution is 6.31. The molecule has 2 rings (SSSR count). The van der Waals surface area contributed by atoms with Crippen LogP contribution >= 0.6 is 11.6 Å². The first-order valence-electron chi connectivity index (χ1n) is 4.48. The topological polar surface area (TPSA) is 43.2 Å². The molecule has 1 unspecified atom stereocenters. The molecule has 0 aliphatic carbocycles. The quantitative estimate of drug-likeness (QED) is 0.740. The van der Waals surface area contributed by atoms with Crippen molar-refractivity contribution in [2.45, 2.75) is 6.04 Å². The second kappa shape index (κ2) is 3.98. The Morgan fingerprint density at radius 3 is 2.93 bits per heavy atom. The minimum atomic E-state index is -0.433. The first-order chi connectivity index (χ1) is 6.79. The predicted molar refractivity (Wildman–Crippen MR) is 54.2 cm³/mol. The lowest BCUT2D eigenvalue weighted by atomic mass is 10.0. The minimum absolute atomic E-state index is 0.0654. The van der Waals surface area contributed by atoms with Gasteiger partial charge in [-0.2, -0.15) is 0 Å². The second-order valence-electron chi connectivity index (χ2n) is 3.12. The Morgan fingerprint density at radius 1 is 1.43 bits per heavy atom. The van der Waals surface area contributed by atoms with Gasteiger partial charge in [0.1, 0.15) is 6.04 Å². The van der Waals surface area contributed by atoms with Crippen molar-refractivity contribution in [3.63, 3.8) is 0 Å². The lowest BCUT2D eigenvalue weighted by molar-refractivity contribution is -0.124. The van der Waals surface area contributed by atoms with Crippen molar-refractivity contribution in [2.75, 3.05) is 13.1 Å². The van der Waals surface area contributed by atoms with Crippen LogP contribution in [0, 0.1) is 0 Å². The Labute approximate surface area is 87.4 Å². The number of carbonyl (C=O) groups excluding carboxylic acids is 1. The van der Waals surface area contributed by atoms with Crippen LogP contribution in [0.15, 0.2) is 24.3 Å². The number of piperazine rings is 1. The van der Waals surface area contributed by atoms with Crippen molar-refractivity contribution in [3.8, 4) is 0 Å². The monoisotopic (exact) mass is 209 g/mol. The molecule has 1 fully saturated rings. The van der Waals surface area contributed by atoms with Crippen molar-refractivity contribution in [3.05, 3.63) is 34.9 Å². The smallest absolute Gasteiger partial charge is 0.243 e. The Hall–Kier alpha value is -1.06. The highest BCUT2D eigenvalue weighted by Crippen LogP contribution is 2.24. The van der Waals surface area contributed by atoms with Crippen LogP contribution in [0.3, 0.4) is 0 Å². The molecule has 1 aromatic rings. The summed E-state index contributed by atoms with van der Waals surface area (Å²) in [7, 11) is 0. The van der Waals surface area contributed by atoms with Crippen LogP contribution in [0.2, 0.25) is 5.02 Å². The summed E-state index contributed by atoms with van der Waals surface area (Å²) in [4.78, 5) is 11.5. The molecule has 73 valence electrons. The van der Waals surface area contributed by atoms with Gasteiger partial charge in [0.25, 0.3) is 0 Å². The third-order valence-electron chi connectivity index (χ3n) is 2.17. The molecular formula is C10H10ClN2O. The Kier molecular flexibility index (Phi) is 2.70. The molecule has 1 atom stereocenters. The van der Waals surface area contributed by atoms with Crippen molar-refractivity contribution in [2.24, 2.45) is 0 Å². The molecule has 3 nitrogen and oxygen atoms in total. The summed E-state index contributed by atoms with van der Waals surface area (Å²) in [6.07, 6.45) is 0. The van der Waals surface area contributed by atoms with E-state index in [0.717, 1.165) is 5.56 Å². The maximum Gasteiger partial charge on any atom is 0.243 e. The van der Waals surface area contributed by atoms with E-state index >= 15 is 0 Å². The summed E-state index contributed by atoms with van der Waals surface area (Å²) in [6.45, 7) is 1.28. The summed E-state index contributed by atoms with van der Waals surface area (Å²) in [6, 6.07) is 6.87. The van der Waals surface area contributed by atoms with E-state index in [0.29, 0.717) is 18.1 Å². The zero-order valence-electron chi connectivity index (χ0n) is 7.53. The van der Waals surface area contributed by atoms with Gasteiger partial charge in [0.2, 0.25) is 5.91 Å². The van der Waals surface area contributed by atoms with E-state index in [4.69, 9.17) is 11.6 Å². The first kappa shape index (κ1) is 9.49. The number of benzene rings is 1. The molecule has 0 aromatic heterocycles. The average Bonchev–Trinajstić information content (AvgIpc) is 2.20. The molecule has 0 bridgehead atoms. The molecule has 4 heteroatoms. The SMILES string of the molecule is O=C1NCC[N]C1c1ccccc1Cl. The van der Waals surface area contributed by atoms with Crippen molar-refractivity contribution in [1.82, 2.24) is 10.6 Å². The van der Waals surface area contributed by atoms with E-state index in [-0.39, 0.29) is 5.91 Å². The van der Waals surface area contributed by atoms with Crippen molar-refractivity contribution in [1.29, 1.82) is 0 Å². The van der Waals surface area contributed by atoms with Gasteiger partial charge in [-0.25, -0.2) is 5.32 Å². The molecule has 1 aliphatic heterocycles. The normalized spacial score (nSPS) is 21.8. The highest BCUT2D eigenvalue weighted by atomic mass is 35.5. The summed E-state index contributed by atoms with van der Waals surface area (Å²) in [5, 5.41) is 7.61. The fourth-order valence-electron chi connectivity index (χ4n) is 1.49. The van der Waals surface area contributed by atoms with E-state index < -0.39 is 6.04 Å². The van der Waals surface area contributed by atoms with Crippen LogP contribution in [0.1, 0.15) is 11.6 Å². The number of nitrogens with zero attached hydrogens (tertiary/aromatic N) is 1. The van der Waals surface area contributed by atoms with Crippen LogP contribution in [0.25, 0.3) is 0 Å². The van der Waals surface area contributed by atoms with Crippen LogP contribution in [0.4, 0.5) is 0 Å². The van der Waals surface area contributed by atoms with Crippen LogP contribution in [-0.4, -0.2) is 19.0 Å². The zero-order valence-corrected chi connectivity index (χ0v) is 8.29. The molecule has 1 N–H and O–H groups in total. The molecule has 1 radical (unpaired) electrons. The number of hydrogen-bond acceptors (Lipinski definition) is 1. The molecule has 1 saturated heterocycles. The standard InChI is InChI=1S/C10H10ClN2O/c11-8-4-2-1-3-7(8)9-10(14)13-6-5-12-9/h1-4,9H,5-6H2,(H,13,14). The molecule has 0 saturated carbocycles. The third kappa shape index (κ3) is 1.74. The van der Waals surface area contributed by atoms with E-state index in [1.54, 1.807) is 6.07 Å². The van der Waals surface area contributed by atoms with E-state index in [9.17, 15) is 4.79 Å². The summed E-state index contributed by atoms with van der Waals surface area (Å²) in [5.41, 5.74) is 0.784. The van der Waals surface area contributed by atoms with Crippen molar-refractivity contribution >= 4 is 17.5 Å². The molecule has 14 heavy (non-hydrogen) atoms. The van der Waals surface area contributed by atoms with Gasteiger partial charge in [-0.05, 0) is 11.6 Å². The Balaban J connectivity index is 2.29. The van der Waals surface area contributed by atoms with Gasteiger partial charge in [-0.3, -0.25) is 4.79 Å². The molecule has 1 amide bonds. The van der Waals surface area contributed by atoms with Gasteiger partial charge in [-0.1, -0.05) is 29.8 Å². The summed E-state index contributed by atoms with van der Waals surface area (Å²) >= 11 is 5.98. The zero-order chi connectivity index (χ0) is 9.97. The maximum absolute atomic E-state index is 11.5. The molecule has 1 aliphatic rings.